The maximum atomic E-state index is 6.24. The molecule has 1 aliphatic rings. The van der Waals surface area contributed by atoms with Gasteiger partial charge in [-0.15, -0.1) is 0 Å². The average Bonchev–Trinajstić information content (AvgIpc) is 2.37. The molecule has 1 saturated carbocycles. The van der Waals surface area contributed by atoms with E-state index in [-0.39, 0.29) is 0 Å². The van der Waals surface area contributed by atoms with E-state index in [1.807, 2.05) is 30.3 Å². The Kier molecular flexibility index (Phi) is 4.25. The van der Waals surface area contributed by atoms with Gasteiger partial charge in [0.2, 0.25) is 0 Å². The topological polar surface area (TPSA) is 12.0 Å². The van der Waals surface area contributed by atoms with Crippen LogP contribution >= 0.6 is 39.1 Å². The van der Waals surface area contributed by atoms with Crippen LogP contribution in [0.1, 0.15) is 24.3 Å². The fourth-order valence-corrected chi connectivity index (χ4v) is 3.71. The molecule has 0 aliphatic heterocycles. The number of hydrogen-bond donors (Lipinski definition) is 1. The average molecular weight is 371 g/mol. The fourth-order valence-electron chi connectivity index (χ4n) is 2.62. The van der Waals surface area contributed by atoms with Crippen molar-refractivity contribution in [3.8, 4) is 0 Å². The second-order valence-corrected chi connectivity index (χ2v) is 6.85. The second kappa shape index (κ2) is 5.97. The molecule has 1 aliphatic carbocycles. The minimum atomic E-state index is 0.494. The predicted octanol–water partition coefficient (Wildman–Crippen LogP) is 6.11. The minimum Gasteiger partial charge on any atom is -0.381 e. The molecule has 1 fully saturated rings. The first kappa shape index (κ1) is 14.2. The summed E-state index contributed by atoms with van der Waals surface area (Å²) in [7, 11) is 0. The minimum absolute atomic E-state index is 0.494. The molecule has 0 spiro atoms. The molecule has 0 radical (unpaired) electrons. The van der Waals surface area contributed by atoms with Gasteiger partial charge >= 0.3 is 0 Å². The summed E-state index contributed by atoms with van der Waals surface area (Å²) >= 11 is 15.7. The molecule has 3 rings (SSSR count). The summed E-state index contributed by atoms with van der Waals surface area (Å²) in [6, 6.07) is 14.4. The lowest BCUT2D eigenvalue weighted by molar-refractivity contribution is 0.374. The van der Waals surface area contributed by atoms with Crippen LogP contribution in [0.5, 0.6) is 0 Å². The number of hydrogen-bond acceptors (Lipinski definition) is 1. The van der Waals surface area contributed by atoms with Crippen LogP contribution in [0.3, 0.4) is 0 Å². The summed E-state index contributed by atoms with van der Waals surface area (Å²) in [6.45, 7) is 0. The number of benzene rings is 2. The SMILES string of the molecule is Clc1ccc(NC2CC(c3ccccc3Cl)C2)c(Br)c1. The molecule has 0 unspecified atom stereocenters. The molecule has 0 atom stereocenters. The summed E-state index contributed by atoms with van der Waals surface area (Å²) in [4.78, 5) is 0. The van der Waals surface area contributed by atoms with E-state index in [2.05, 4.69) is 33.4 Å². The van der Waals surface area contributed by atoms with Crippen LogP contribution in [0.2, 0.25) is 10.0 Å². The van der Waals surface area contributed by atoms with Crippen LogP contribution < -0.4 is 5.32 Å². The molecule has 1 nitrogen and oxygen atoms in total. The molecule has 0 aromatic heterocycles. The van der Waals surface area contributed by atoms with Crippen LogP contribution in [0.4, 0.5) is 5.69 Å². The second-order valence-electron chi connectivity index (χ2n) is 5.16. The summed E-state index contributed by atoms with van der Waals surface area (Å²) in [5.41, 5.74) is 2.36. The third kappa shape index (κ3) is 2.98. The van der Waals surface area contributed by atoms with Gasteiger partial charge in [-0.3, -0.25) is 0 Å². The molecule has 2 aromatic rings. The van der Waals surface area contributed by atoms with Crippen molar-refractivity contribution in [2.24, 2.45) is 0 Å². The molecule has 0 amide bonds. The normalized spacial score (nSPS) is 21.4. The van der Waals surface area contributed by atoms with E-state index >= 15 is 0 Å². The van der Waals surface area contributed by atoms with Crippen LogP contribution in [-0.4, -0.2) is 6.04 Å². The number of anilines is 1. The molecule has 0 heterocycles. The lowest BCUT2D eigenvalue weighted by Crippen LogP contribution is -2.34. The maximum Gasteiger partial charge on any atom is 0.0487 e. The Hall–Kier alpha value is -0.700. The zero-order valence-corrected chi connectivity index (χ0v) is 13.8. The Labute approximate surface area is 137 Å². The molecule has 2 aromatic carbocycles. The lowest BCUT2D eigenvalue weighted by Gasteiger charge is -2.37. The predicted molar refractivity (Wildman–Crippen MR) is 90.0 cm³/mol. The third-order valence-corrected chi connectivity index (χ3v) is 5.01. The van der Waals surface area contributed by atoms with Crippen molar-refractivity contribution in [3.63, 3.8) is 0 Å². The van der Waals surface area contributed by atoms with Gasteiger partial charge in [-0.25, -0.2) is 0 Å². The van der Waals surface area contributed by atoms with Crippen molar-refractivity contribution >= 4 is 44.8 Å². The molecule has 104 valence electrons. The van der Waals surface area contributed by atoms with Crippen molar-refractivity contribution in [2.75, 3.05) is 5.32 Å². The Morgan fingerprint density at radius 3 is 2.50 bits per heavy atom. The number of halogens is 3. The lowest BCUT2D eigenvalue weighted by atomic mass is 9.76. The largest absolute Gasteiger partial charge is 0.381 e. The van der Waals surface area contributed by atoms with Gasteiger partial charge in [-0.2, -0.15) is 0 Å². The van der Waals surface area contributed by atoms with Crippen molar-refractivity contribution in [2.45, 2.75) is 24.8 Å². The first-order valence-electron chi connectivity index (χ1n) is 6.59. The van der Waals surface area contributed by atoms with Crippen LogP contribution in [-0.2, 0) is 0 Å². The zero-order valence-electron chi connectivity index (χ0n) is 10.7. The van der Waals surface area contributed by atoms with Gasteiger partial charge in [0.25, 0.3) is 0 Å². The van der Waals surface area contributed by atoms with Gasteiger partial charge in [0.15, 0.2) is 0 Å². The van der Waals surface area contributed by atoms with Crippen molar-refractivity contribution in [3.05, 3.63) is 62.5 Å². The maximum absolute atomic E-state index is 6.24. The highest BCUT2D eigenvalue weighted by Gasteiger charge is 2.31. The van der Waals surface area contributed by atoms with Crippen molar-refractivity contribution < 1.29 is 0 Å². The molecular formula is C16H14BrCl2N. The van der Waals surface area contributed by atoms with E-state index in [0.29, 0.717) is 12.0 Å². The molecule has 20 heavy (non-hydrogen) atoms. The van der Waals surface area contributed by atoms with Crippen molar-refractivity contribution in [1.29, 1.82) is 0 Å². The molecule has 0 saturated heterocycles. The molecule has 0 bridgehead atoms. The van der Waals surface area contributed by atoms with E-state index in [1.54, 1.807) is 0 Å². The quantitative estimate of drug-likeness (QED) is 0.686. The highest BCUT2D eigenvalue weighted by atomic mass is 79.9. The molecule has 4 heteroatoms. The smallest absolute Gasteiger partial charge is 0.0487 e. The zero-order chi connectivity index (χ0) is 14.1. The monoisotopic (exact) mass is 369 g/mol. The first-order chi connectivity index (χ1) is 9.63. The van der Waals surface area contributed by atoms with Gasteiger partial charge < -0.3 is 5.32 Å². The highest BCUT2D eigenvalue weighted by Crippen LogP contribution is 2.42. The van der Waals surface area contributed by atoms with Crippen LogP contribution in [0, 0.1) is 0 Å². The fraction of sp³-hybridized carbons (Fsp3) is 0.250. The van der Waals surface area contributed by atoms with Gasteiger partial charge in [0.1, 0.15) is 0 Å². The summed E-state index contributed by atoms with van der Waals surface area (Å²) in [5, 5.41) is 5.16. The van der Waals surface area contributed by atoms with Crippen LogP contribution in [0.25, 0.3) is 0 Å². The summed E-state index contributed by atoms with van der Waals surface area (Å²) in [6.07, 6.45) is 2.22. The summed E-state index contributed by atoms with van der Waals surface area (Å²) < 4.78 is 1.01. The standard InChI is InChI=1S/C16H14BrCl2N/c17-14-9-11(18)5-6-16(14)20-12-7-10(8-12)13-3-1-2-4-15(13)19/h1-6,9-10,12,20H,7-8H2. The van der Waals surface area contributed by atoms with E-state index in [4.69, 9.17) is 23.2 Å². The summed E-state index contributed by atoms with van der Waals surface area (Å²) in [5.74, 6) is 0.562. The van der Waals surface area contributed by atoms with E-state index in [0.717, 1.165) is 33.0 Å². The first-order valence-corrected chi connectivity index (χ1v) is 8.14. The van der Waals surface area contributed by atoms with E-state index < -0.39 is 0 Å². The molecular weight excluding hydrogens is 357 g/mol. The van der Waals surface area contributed by atoms with Gasteiger partial charge in [0.05, 0.1) is 0 Å². The van der Waals surface area contributed by atoms with Gasteiger partial charge in [-0.05, 0) is 64.5 Å². The van der Waals surface area contributed by atoms with Crippen LogP contribution in [0.15, 0.2) is 46.9 Å². The number of nitrogens with one attached hydrogen (secondary N) is 1. The van der Waals surface area contributed by atoms with E-state index in [9.17, 15) is 0 Å². The van der Waals surface area contributed by atoms with Gasteiger partial charge in [-0.1, -0.05) is 41.4 Å². The third-order valence-electron chi connectivity index (χ3n) is 3.77. The Balaban J connectivity index is 1.62. The Morgan fingerprint density at radius 2 is 1.80 bits per heavy atom. The highest BCUT2D eigenvalue weighted by molar-refractivity contribution is 9.10. The number of rotatable bonds is 3. The van der Waals surface area contributed by atoms with Gasteiger partial charge in [0, 0.05) is 26.2 Å². The van der Waals surface area contributed by atoms with Crippen molar-refractivity contribution in [1.82, 2.24) is 0 Å². The Bertz CT molecular complexity index is 624. The Morgan fingerprint density at radius 1 is 1.05 bits per heavy atom. The molecule has 1 N–H and O–H groups in total. The van der Waals surface area contributed by atoms with E-state index in [1.165, 1.54) is 5.56 Å².